The van der Waals surface area contributed by atoms with Crippen molar-refractivity contribution in [2.45, 2.75) is 37.8 Å². The van der Waals surface area contributed by atoms with Crippen LogP contribution in [0.1, 0.15) is 25.7 Å². The van der Waals surface area contributed by atoms with Crippen LogP contribution in [0.2, 0.25) is 0 Å². The number of aromatic amines is 1. The van der Waals surface area contributed by atoms with Crippen LogP contribution >= 0.6 is 0 Å². The van der Waals surface area contributed by atoms with Gasteiger partial charge < -0.3 is 30.4 Å². The Morgan fingerprint density at radius 3 is 2.56 bits per heavy atom. The van der Waals surface area contributed by atoms with Gasteiger partial charge in [0.05, 0.1) is 24.7 Å². The highest BCUT2D eigenvalue weighted by atomic mass is 16.5. The van der Waals surface area contributed by atoms with Gasteiger partial charge in [-0.1, -0.05) is 0 Å². The summed E-state index contributed by atoms with van der Waals surface area (Å²) >= 11 is 0. The Balaban J connectivity index is 1.41. The van der Waals surface area contributed by atoms with Crippen molar-refractivity contribution >= 4 is 33.8 Å². The number of nitrogens with one attached hydrogen (secondary N) is 3. The predicted molar refractivity (Wildman–Crippen MR) is 127 cm³/mol. The summed E-state index contributed by atoms with van der Waals surface area (Å²) in [5.41, 5.74) is 1.86. The Morgan fingerprint density at radius 2 is 1.81 bits per heavy atom. The molecule has 168 valence electrons. The minimum absolute atomic E-state index is 0.172. The molecule has 1 saturated carbocycles. The van der Waals surface area contributed by atoms with E-state index in [2.05, 4.69) is 32.7 Å². The fraction of sp³-hybridized carbons (Fsp3) is 0.417. The van der Waals surface area contributed by atoms with E-state index in [0.717, 1.165) is 74.6 Å². The number of hydrogen-bond donors (Lipinski definition) is 4. The first-order chi connectivity index (χ1) is 15.7. The number of aliphatic hydroxyl groups excluding tert-OH is 1. The van der Waals surface area contributed by atoms with Crippen molar-refractivity contribution in [3.63, 3.8) is 0 Å². The lowest BCUT2D eigenvalue weighted by molar-refractivity contribution is 0.122. The van der Waals surface area contributed by atoms with Crippen LogP contribution in [0.15, 0.2) is 47.4 Å². The molecule has 0 spiro atoms. The number of rotatable bonds is 5. The van der Waals surface area contributed by atoms with E-state index >= 15 is 0 Å². The van der Waals surface area contributed by atoms with Crippen molar-refractivity contribution in [1.82, 2.24) is 9.97 Å². The Hall–Kier alpha value is -3.10. The number of morpholine rings is 1. The Bertz CT molecular complexity index is 1120. The fourth-order valence-electron chi connectivity index (χ4n) is 4.52. The lowest BCUT2D eigenvalue weighted by Gasteiger charge is -2.29. The van der Waals surface area contributed by atoms with Crippen molar-refractivity contribution in [2.24, 2.45) is 0 Å². The van der Waals surface area contributed by atoms with Gasteiger partial charge in [0.15, 0.2) is 0 Å². The maximum absolute atomic E-state index is 12.6. The van der Waals surface area contributed by atoms with Gasteiger partial charge in [-0.2, -0.15) is 0 Å². The summed E-state index contributed by atoms with van der Waals surface area (Å²) in [6.07, 6.45) is 4.86. The second-order valence-corrected chi connectivity index (χ2v) is 8.55. The number of fused-ring (bicyclic) bond motifs is 1. The van der Waals surface area contributed by atoms with Crippen molar-refractivity contribution in [2.75, 3.05) is 41.8 Å². The van der Waals surface area contributed by atoms with Crippen molar-refractivity contribution in [3.05, 3.63) is 52.9 Å². The molecule has 8 nitrogen and oxygen atoms in total. The largest absolute Gasteiger partial charge is 0.393 e. The van der Waals surface area contributed by atoms with Crippen molar-refractivity contribution < 1.29 is 9.84 Å². The zero-order chi connectivity index (χ0) is 21.9. The lowest BCUT2D eigenvalue weighted by atomic mass is 9.93. The van der Waals surface area contributed by atoms with Crippen LogP contribution < -0.4 is 21.1 Å². The molecule has 1 aliphatic heterocycles. The molecule has 0 radical (unpaired) electrons. The predicted octanol–water partition coefficient (Wildman–Crippen LogP) is 3.22. The van der Waals surface area contributed by atoms with Crippen LogP contribution in [0.4, 0.5) is 23.0 Å². The average molecular weight is 436 g/mol. The molecule has 3 aromatic rings. The third-order valence-electron chi connectivity index (χ3n) is 6.31. The van der Waals surface area contributed by atoms with E-state index in [9.17, 15) is 9.90 Å². The number of nitrogens with zero attached hydrogens (tertiary/aromatic N) is 2. The second kappa shape index (κ2) is 9.18. The number of aromatic nitrogens is 2. The van der Waals surface area contributed by atoms with Crippen LogP contribution in [0.25, 0.3) is 10.8 Å². The van der Waals surface area contributed by atoms with Crippen LogP contribution in [0, 0.1) is 0 Å². The summed E-state index contributed by atoms with van der Waals surface area (Å²) < 4.78 is 5.43. The number of ether oxygens (including phenoxy) is 1. The standard InChI is InChI=1S/C24H29N5O3/c30-20-7-3-17(4-8-20)26-21-15-16-9-10-25-24(31)22(16)23(28-21)27-18-1-5-19(6-2-18)29-11-13-32-14-12-29/h1-2,5-6,9-10,15,17,20,30H,3-4,7-8,11-14H2,(H,25,31)(H2,26,27,28)/t17-,20+. The maximum atomic E-state index is 12.6. The molecular weight excluding hydrogens is 406 g/mol. The fourth-order valence-corrected chi connectivity index (χ4v) is 4.52. The molecule has 4 N–H and O–H groups in total. The first-order valence-electron chi connectivity index (χ1n) is 11.3. The lowest BCUT2D eigenvalue weighted by Crippen LogP contribution is -2.36. The molecule has 8 heteroatoms. The molecule has 0 bridgehead atoms. The summed E-state index contributed by atoms with van der Waals surface area (Å²) in [6.45, 7) is 3.28. The zero-order valence-electron chi connectivity index (χ0n) is 18.0. The molecule has 1 saturated heterocycles. The number of hydrogen-bond acceptors (Lipinski definition) is 7. The van der Waals surface area contributed by atoms with Gasteiger partial charge in [0, 0.05) is 36.7 Å². The van der Waals surface area contributed by atoms with E-state index in [1.165, 1.54) is 0 Å². The van der Waals surface area contributed by atoms with Crippen LogP contribution in [0.5, 0.6) is 0 Å². The van der Waals surface area contributed by atoms with Crippen LogP contribution in [0.3, 0.4) is 0 Å². The summed E-state index contributed by atoms with van der Waals surface area (Å²) in [4.78, 5) is 22.4. The molecule has 2 aliphatic rings. The molecule has 32 heavy (non-hydrogen) atoms. The first kappa shape index (κ1) is 20.8. The molecule has 3 heterocycles. The number of aliphatic hydroxyl groups is 1. The maximum Gasteiger partial charge on any atom is 0.259 e. The smallest absolute Gasteiger partial charge is 0.259 e. The van der Waals surface area contributed by atoms with Crippen LogP contribution in [-0.4, -0.2) is 53.5 Å². The van der Waals surface area contributed by atoms with Gasteiger partial charge in [0.2, 0.25) is 0 Å². The van der Waals surface area contributed by atoms with Gasteiger partial charge in [-0.05, 0) is 67.5 Å². The van der Waals surface area contributed by atoms with Gasteiger partial charge in [-0.3, -0.25) is 4.79 Å². The Kier molecular flexibility index (Phi) is 5.96. The van der Waals surface area contributed by atoms with Crippen molar-refractivity contribution in [3.8, 4) is 0 Å². The second-order valence-electron chi connectivity index (χ2n) is 8.55. The van der Waals surface area contributed by atoms with E-state index < -0.39 is 0 Å². The summed E-state index contributed by atoms with van der Waals surface area (Å²) in [5, 5.41) is 18.0. The molecular formula is C24H29N5O3. The van der Waals surface area contributed by atoms with E-state index in [0.29, 0.717) is 11.2 Å². The van der Waals surface area contributed by atoms with Gasteiger partial charge in [-0.15, -0.1) is 0 Å². The highest BCUT2D eigenvalue weighted by Gasteiger charge is 2.20. The minimum atomic E-state index is -0.200. The molecule has 5 rings (SSSR count). The van der Waals surface area contributed by atoms with E-state index in [1.54, 1.807) is 6.20 Å². The van der Waals surface area contributed by atoms with Gasteiger partial charge >= 0.3 is 0 Å². The van der Waals surface area contributed by atoms with Gasteiger partial charge in [0.1, 0.15) is 11.6 Å². The number of pyridine rings is 2. The van der Waals surface area contributed by atoms with E-state index in [-0.39, 0.29) is 17.7 Å². The number of anilines is 4. The molecule has 0 amide bonds. The molecule has 0 unspecified atom stereocenters. The summed E-state index contributed by atoms with van der Waals surface area (Å²) in [5.74, 6) is 1.26. The molecule has 2 fully saturated rings. The molecule has 0 atom stereocenters. The summed E-state index contributed by atoms with van der Waals surface area (Å²) in [7, 11) is 0. The normalized spacial score (nSPS) is 21.5. The SMILES string of the molecule is O=c1[nH]ccc2cc(N[C@H]3CC[C@@H](O)CC3)nc(Nc3ccc(N4CCOCC4)cc3)c12. The third-order valence-corrected chi connectivity index (χ3v) is 6.31. The highest BCUT2D eigenvalue weighted by molar-refractivity contribution is 5.94. The van der Waals surface area contributed by atoms with E-state index in [1.807, 2.05) is 24.3 Å². The Labute approximate surface area is 186 Å². The molecule has 1 aliphatic carbocycles. The zero-order valence-corrected chi connectivity index (χ0v) is 18.0. The summed E-state index contributed by atoms with van der Waals surface area (Å²) in [6, 6.07) is 12.3. The quantitative estimate of drug-likeness (QED) is 0.488. The highest BCUT2D eigenvalue weighted by Crippen LogP contribution is 2.28. The average Bonchev–Trinajstić information content (AvgIpc) is 2.82. The van der Waals surface area contributed by atoms with Crippen LogP contribution in [-0.2, 0) is 4.74 Å². The molecule has 1 aromatic carbocycles. The van der Waals surface area contributed by atoms with E-state index in [4.69, 9.17) is 9.72 Å². The Morgan fingerprint density at radius 1 is 1.06 bits per heavy atom. The van der Waals surface area contributed by atoms with Crippen molar-refractivity contribution in [1.29, 1.82) is 0 Å². The number of benzene rings is 1. The molecule has 2 aromatic heterocycles. The first-order valence-corrected chi connectivity index (χ1v) is 11.3. The van der Waals surface area contributed by atoms with Gasteiger partial charge in [-0.25, -0.2) is 4.98 Å². The van der Waals surface area contributed by atoms with Gasteiger partial charge in [0.25, 0.3) is 5.56 Å². The monoisotopic (exact) mass is 435 g/mol. The third kappa shape index (κ3) is 4.56. The minimum Gasteiger partial charge on any atom is -0.393 e. The number of H-pyrrole nitrogens is 1. The topological polar surface area (TPSA) is 103 Å².